The average Bonchev–Trinajstić information content (AvgIpc) is 3.40. The van der Waals surface area contributed by atoms with Crippen LogP contribution in [0.1, 0.15) is 43.7 Å². The number of hydrogen-bond donors (Lipinski definition) is 0. The summed E-state index contributed by atoms with van der Waals surface area (Å²) in [7, 11) is 0. The first-order valence-corrected chi connectivity index (χ1v) is 11.1. The molecule has 0 spiro atoms. The molecule has 0 bridgehead atoms. The van der Waals surface area contributed by atoms with Gasteiger partial charge in [0.15, 0.2) is 11.0 Å². The Labute approximate surface area is 178 Å². The van der Waals surface area contributed by atoms with Crippen LogP contribution >= 0.6 is 11.8 Å². The highest BCUT2D eigenvalue weighted by molar-refractivity contribution is 7.99. The molecule has 3 aromatic rings. The van der Waals surface area contributed by atoms with E-state index < -0.39 is 0 Å². The lowest BCUT2D eigenvalue weighted by Crippen LogP contribution is -2.37. The van der Waals surface area contributed by atoms with Crippen LogP contribution in [-0.4, -0.2) is 51.2 Å². The van der Waals surface area contributed by atoms with Crippen molar-refractivity contribution in [3.63, 3.8) is 0 Å². The highest BCUT2D eigenvalue weighted by Gasteiger charge is 2.25. The molecule has 4 rings (SSSR count). The third-order valence-corrected chi connectivity index (χ3v) is 5.87. The van der Waals surface area contributed by atoms with Crippen LogP contribution in [-0.2, 0) is 11.2 Å². The van der Waals surface area contributed by atoms with E-state index in [2.05, 4.69) is 32.2 Å². The van der Waals surface area contributed by atoms with Crippen molar-refractivity contribution in [1.29, 1.82) is 0 Å². The van der Waals surface area contributed by atoms with E-state index in [-0.39, 0.29) is 11.1 Å². The molecular formula is C20H25FN6O2S. The molecule has 0 aliphatic carbocycles. The first-order valence-electron chi connectivity index (χ1n) is 10.2. The Bertz CT molecular complexity index is 972. The topological polar surface area (TPSA) is 82.1 Å². The fourth-order valence-corrected chi connectivity index (χ4v) is 4.12. The zero-order valence-electron chi connectivity index (χ0n) is 17.1. The summed E-state index contributed by atoms with van der Waals surface area (Å²) >= 11 is 1.46. The van der Waals surface area contributed by atoms with Crippen LogP contribution < -0.4 is 4.90 Å². The first-order chi connectivity index (χ1) is 14.7. The number of nitrogens with zero attached hydrogens (tertiary/aromatic N) is 6. The summed E-state index contributed by atoms with van der Waals surface area (Å²) in [6, 6.07) is 6.44. The van der Waals surface area contributed by atoms with E-state index in [0.29, 0.717) is 49.0 Å². The van der Waals surface area contributed by atoms with Crippen molar-refractivity contribution in [3.8, 4) is 5.69 Å². The molecule has 0 unspecified atom stereocenters. The van der Waals surface area contributed by atoms with E-state index >= 15 is 0 Å². The van der Waals surface area contributed by atoms with Gasteiger partial charge in [-0.1, -0.05) is 36.3 Å². The highest BCUT2D eigenvalue weighted by atomic mass is 32.2. The number of hydrogen-bond acceptors (Lipinski definition) is 8. The van der Waals surface area contributed by atoms with Crippen LogP contribution in [0.4, 0.5) is 10.3 Å². The van der Waals surface area contributed by atoms with Crippen LogP contribution in [0.3, 0.4) is 0 Å². The van der Waals surface area contributed by atoms with E-state index in [1.54, 1.807) is 6.07 Å². The van der Waals surface area contributed by atoms with Gasteiger partial charge in [0.05, 0.1) is 24.2 Å². The molecule has 0 saturated carbocycles. The minimum Gasteiger partial charge on any atom is -0.378 e. The van der Waals surface area contributed by atoms with Crippen molar-refractivity contribution in [3.05, 3.63) is 41.8 Å². The van der Waals surface area contributed by atoms with Gasteiger partial charge in [-0.3, -0.25) is 4.57 Å². The summed E-state index contributed by atoms with van der Waals surface area (Å²) < 4.78 is 26.8. The Balaban J connectivity index is 1.62. The van der Waals surface area contributed by atoms with Crippen molar-refractivity contribution < 1.29 is 13.7 Å². The zero-order chi connectivity index (χ0) is 20.9. The maximum absolute atomic E-state index is 14.0. The van der Waals surface area contributed by atoms with Crippen LogP contribution in [0, 0.1) is 5.82 Å². The number of ether oxygens (including phenoxy) is 1. The third kappa shape index (κ3) is 4.65. The van der Waals surface area contributed by atoms with Gasteiger partial charge in [0, 0.05) is 19.5 Å². The Morgan fingerprint density at radius 3 is 2.83 bits per heavy atom. The Morgan fingerprint density at radius 2 is 2.07 bits per heavy atom. The molecule has 3 heterocycles. The molecule has 0 radical (unpaired) electrons. The predicted octanol–water partition coefficient (Wildman–Crippen LogP) is 3.82. The van der Waals surface area contributed by atoms with Gasteiger partial charge in [-0.15, -0.1) is 10.2 Å². The molecule has 30 heavy (non-hydrogen) atoms. The summed E-state index contributed by atoms with van der Waals surface area (Å²) in [5, 5.41) is 13.4. The smallest absolute Gasteiger partial charge is 0.239 e. The summed E-state index contributed by atoms with van der Waals surface area (Å²) in [4.78, 5) is 6.62. The molecule has 8 nitrogen and oxygen atoms in total. The van der Waals surface area contributed by atoms with E-state index in [4.69, 9.17) is 9.26 Å². The number of morpholine rings is 1. The van der Waals surface area contributed by atoms with Crippen molar-refractivity contribution in [2.24, 2.45) is 0 Å². The fourth-order valence-electron chi connectivity index (χ4n) is 3.23. The molecule has 1 aromatic carbocycles. The second-order valence-electron chi connectivity index (χ2n) is 7.11. The number of aryl methyl sites for hydroxylation is 1. The third-order valence-electron chi connectivity index (χ3n) is 4.84. The summed E-state index contributed by atoms with van der Waals surface area (Å²) in [5.41, 5.74) is 0.672. The maximum atomic E-state index is 14.0. The molecule has 1 atom stereocenters. The number of benzene rings is 1. The second-order valence-corrected chi connectivity index (χ2v) is 8.42. The van der Waals surface area contributed by atoms with Gasteiger partial charge in [0.25, 0.3) is 0 Å². The minimum atomic E-state index is -0.310. The standard InChI is InChI=1S/C20H25FN6O2S/c1-3-4-8-17-22-18(29-25-17)14(2)30-20-24-23-19(26-9-11-28-12-10-26)27(20)16-7-5-6-15(21)13-16/h5-7,13-14H,3-4,8-12H2,1-2H3/t14-/m0/s1. The van der Waals surface area contributed by atoms with Crippen LogP contribution in [0.2, 0.25) is 0 Å². The molecule has 0 amide bonds. The molecule has 1 aliphatic rings. The summed E-state index contributed by atoms with van der Waals surface area (Å²) in [5.74, 6) is 1.64. The molecule has 160 valence electrons. The normalized spacial score (nSPS) is 15.5. The number of unbranched alkanes of at least 4 members (excludes halogenated alkanes) is 1. The molecule has 1 fully saturated rings. The molecule has 2 aromatic heterocycles. The zero-order valence-corrected chi connectivity index (χ0v) is 17.9. The van der Waals surface area contributed by atoms with Crippen molar-refractivity contribution in [2.45, 2.75) is 43.5 Å². The number of thioether (sulfide) groups is 1. The van der Waals surface area contributed by atoms with Crippen LogP contribution in [0.15, 0.2) is 33.9 Å². The number of rotatable bonds is 8. The lowest BCUT2D eigenvalue weighted by atomic mass is 10.2. The Hall–Kier alpha value is -2.46. The van der Waals surface area contributed by atoms with Crippen molar-refractivity contribution in [1.82, 2.24) is 24.9 Å². The molecule has 10 heteroatoms. The van der Waals surface area contributed by atoms with Crippen LogP contribution in [0.5, 0.6) is 0 Å². The largest absolute Gasteiger partial charge is 0.378 e. The predicted molar refractivity (Wildman–Crippen MR) is 112 cm³/mol. The van der Waals surface area contributed by atoms with E-state index in [1.807, 2.05) is 17.6 Å². The van der Waals surface area contributed by atoms with E-state index in [1.165, 1.54) is 23.9 Å². The van der Waals surface area contributed by atoms with Crippen molar-refractivity contribution in [2.75, 3.05) is 31.2 Å². The lowest BCUT2D eigenvalue weighted by molar-refractivity contribution is 0.122. The summed E-state index contributed by atoms with van der Waals surface area (Å²) in [6.45, 7) is 6.77. The molecule has 1 aliphatic heterocycles. The molecule has 1 saturated heterocycles. The van der Waals surface area contributed by atoms with E-state index in [0.717, 1.165) is 25.1 Å². The Morgan fingerprint density at radius 1 is 1.23 bits per heavy atom. The Kier molecular flexibility index (Phi) is 6.63. The van der Waals surface area contributed by atoms with Crippen LogP contribution in [0.25, 0.3) is 5.69 Å². The SMILES string of the molecule is CCCCc1noc([C@H](C)Sc2nnc(N3CCOCC3)n2-c2cccc(F)c2)n1. The summed E-state index contributed by atoms with van der Waals surface area (Å²) in [6.07, 6.45) is 2.91. The highest BCUT2D eigenvalue weighted by Crippen LogP contribution is 2.36. The molecule has 0 N–H and O–H groups in total. The number of aromatic nitrogens is 5. The average molecular weight is 433 g/mol. The monoisotopic (exact) mass is 432 g/mol. The van der Waals surface area contributed by atoms with Gasteiger partial charge < -0.3 is 14.2 Å². The quantitative estimate of drug-likeness (QED) is 0.497. The van der Waals surface area contributed by atoms with Gasteiger partial charge in [-0.05, 0) is 31.5 Å². The van der Waals surface area contributed by atoms with Gasteiger partial charge in [0.2, 0.25) is 11.8 Å². The minimum absolute atomic E-state index is 0.123. The first kappa shape index (κ1) is 20.8. The number of anilines is 1. The van der Waals surface area contributed by atoms with Gasteiger partial charge >= 0.3 is 0 Å². The van der Waals surface area contributed by atoms with E-state index in [9.17, 15) is 4.39 Å². The fraction of sp³-hybridized carbons (Fsp3) is 0.500. The van der Waals surface area contributed by atoms with Gasteiger partial charge in [-0.25, -0.2) is 4.39 Å². The second kappa shape index (κ2) is 9.57. The van der Waals surface area contributed by atoms with Gasteiger partial charge in [0.1, 0.15) is 5.82 Å². The maximum Gasteiger partial charge on any atom is 0.239 e. The van der Waals surface area contributed by atoms with Crippen molar-refractivity contribution >= 4 is 17.7 Å². The lowest BCUT2D eigenvalue weighted by Gasteiger charge is -2.28. The molecular weight excluding hydrogens is 407 g/mol. The van der Waals surface area contributed by atoms with Gasteiger partial charge in [-0.2, -0.15) is 4.98 Å². The number of halogens is 1.